The molecule has 0 saturated heterocycles. The van der Waals surface area contributed by atoms with E-state index in [0.717, 1.165) is 12.0 Å². The quantitative estimate of drug-likeness (QED) is 0.885. The van der Waals surface area contributed by atoms with Crippen LogP contribution in [0.2, 0.25) is 0 Å². The first-order chi connectivity index (χ1) is 9.20. The van der Waals surface area contributed by atoms with Crippen LogP contribution in [0.4, 0.5) is 10.1 Å². The lowest BCUT2D eigenvalue weighted by atomic mass is 10.1. The molecule has 0 fully saturated rings. The molecule has 0 heterocycles. The summed E-state index contributed by atoms with van der Waals surface area (Å²) < 4.78 is 13.4. The zero-order valence-electron chi connectivity index (χ0n) is 10.4. The number of nitrogens with one attached hydrogen (secondary N) is 1. The maximum Gasteiger partial charge on any atom is 0.258 e. The molecular formula is C15H15FN2O. The Morgan fingerprint density at radius 2 is 1.79 bits per heavy atom. The van der Waals surface area contributed by atoms with Gasteiger partial charge in [-0.15, -0.1) is 0 Å². The van der Waals surface area contributed by atoms with Gasteiger partial charge in [-0.2, -0.15) is 0 Å². The summed E-state index contributed by atoms with van der Waals surface area (Å²) in [5, 5.41) is 2.66. The minimum absolute atomic E-state index is 0.0357. The first-order valence-corrected chi connectivity index (χ1v) is 6.05. The molecule has 0 unspecified atom stereocenters. The van der Waals surface area contributed by atoms with E-state index < -0.39 is 11.7 Å². The summed E-state index contributed by atoms with van der Waals surface area (Å²) in [6.07, 6.45) is 0.793. The van der Waals surface area contributed by atoms with E-state index in [4.69, 9.17) is 5.73 Å². The fraction of sp³-hybridized carbons (Fsp3) is 0.133. The Morgan fingerprint density at radius 3 is 2.42 bits per heavy atom. The Balaban J connectivity index is 2.09. The third kappa shape index (κ3) is 3.39. The molecule has 0 saturated carbocycles. The minimum atomic E-state index is -0.528. The molecule has 0 radical (unpaired) electrons. The lowest BCUT2D eigenvalue weighted by Crippen LogP contribution is -2.13. The van der Waals surface area contributed by atoms with Gasteiger partial charge in [-0.3, -0.25) is 4.79 Å². The van der Waals surface area contributed by atoms with E-state index in [1.165, 1.54) is 12.1 Å². The molecule has 98 valence electrons. The van der Waals surface area contributed by atoms with E-state index in [1.54, 1.807) is 24.3 Å². The maximum absolute atomic E-state index is 13.4. The first-order valence-electron chi connectivity index (χ1n) is 6.05. The summed E-state index contributed by atoms with van der Waals surface area (Å²) in [7, 11) is 0. The van der Waals surface area contributed by atoms with E-state index in [1.807, 2.05) is 12.1 Å². The molecule has 0 aliphatic carbocycles. The molecule has 2 aromatic carbocycles. The lowest BCUT2D eigenvalue weighted by molar-refractivity contribution is 0.102. The molecule has 0 atom stereocenters. The van der Waals surface area contributed by atoms with Crippen LogP contribution in [0, 0.1) is 5.82 Å². The zero-order chi connectivity index (χ0) is 13.7. The van der Waals surface area contributed by atoms with Crippen LogP contribution >= 0.6 is 0 Å². The molecule has 0 aromatic heterocycles. The van der Waals surface area contributed by atoms with Crippen LogP contribution in [0.3, 0.4) is 0 Å². The van der Waals surface area contributed by atoms with Crippen molar-refractivity contribution in [3.05, 3.63) is 65.5 Å². The second-order valence-electron chi connectivity index (χ2n) is 4.17. The average Bonchev–Trinajstić information content (AvgIpc) is 2.42. The van der Waals surface area contributed by atoms with Gasteiger partial charge in [0, 0.05) is 5.69 Å². The van der Waals surface area contributed by atoms with E-state index in [2.05, 4.69) is 5.32 Å². The molecule has 0 aliphatic rings. The molecular weight excluding hydrogens is 243 g/mol. The van der Waals surface area contributed by atoms with Gasteiger partial charge in [0.05, 0.1) is 5.56 Å². The number of benzene rings is 2. The summed E-state index contributed by atoms with van der Waals surface area (Å²) in [6.45, 7) is 0.584. The lowest BCUT2D eigenvalue weighted by Gasteiger charge is -2.07. The van der Waals surface area contributed by atoms with E-state index >= 15 is 0 Å². The molecule has 0 bridgehead atoms. The van der Waals surface area contributed by atoms with Crippen molar-refractivity contribution in [2.45, 2.75) is 6.42 Å². The molecule has 4 heteroatoms. The van der Waals surface area contributed by atoms with Gasteiger partial charge >= 0.3 is 0 Å². The molecule has 0 spiro atoms. The van der Waals surface area contributed by atoms with Crippen LogP contribution in [-0.2, 0) is 6.42 Å². The molecule has 3 N–H and O–H groups in total. The van der Waals surface area contributed by atoms with Crippen molar-refractivity contribution in [1.29, 1.82) is 0 Å². The van der Waals surface area contributed by atoms with Crippen molar-refractivity contribution in [2.75, 3.05) is 11.9 Å². The van der Waals surface area contributed by atoms with Gasteiger partial charge in [-0.25, -0.2) is 4.39 Å². The normalized spacial score (nSPS) is 10.2. The topological polar surface area (TPSA) is 55.1 Å². The van der Waals surface area contributed by atoms with Crippen molar-refractivity contribution in [3.63, 3.8) is 0 Å². The van der Waals surface area contributed by atoms with Crippen molar-refractivity contribution >= 4 is 11.6 Å². The summed E-state index contributed by atoms with van der Waals surface area (Å²) in [5.41, 5.74) is 7.23. The number of nitrogens with two attached hydrogens (primary N) is 1. The fourth-order valence-corrected chi connectivity index (χ4v) is 1.77. The minimum Gasteiger partial charge on any atom is -0.330 e. The number of anilines is 1. The highest BCUT2D eigenvalue weighted by atomic mass is 19.1. The van der Waals surface area contributed by atoms with Gasteiger partial charge in [0.1, 0.15) is 5.82 Å². The van der Waals surface area contributed by atoms with Crippen LogP contribution in [0.5, 0.6) is 0 Å². The van der Waals surface area contributed by atoms with Crippen LogP contribution < -0.4 is 11.1 Å². The number of amides is 1. The summed E-state index contributed by atoms with van der Waals surface area (Å²) in [4.78, 5) is 11.9. The van der Waals surface area contributed by atoms with Crippen molar-refractivity contribution < 1.29 is 9.18 Å². The van der Waals surface area contributed by atoms with Gasteiger partial charge in [-0.1, -0.05) is 24.3 Å². The number of halogens is 1. The van der Waals surface area contributed by atoms with Crippen LogP contribution in [0.1, 0.15) is 15.9 Å². The van der Waals surface area contributed by atoms with Gasteiger partial charge in [0.2, 0.25) is 0 Å². The molecule has 3 nitrogen and oxygen atoms in total. The highest BCUT2D eigenvalue weighted by molar-refractivity contribution is 6.04. The Morgan fingerprint density at radius 1 is 1.11 bits per heavy atom. The first kappa shape index (κ1) is 13.2. The molecule has 2 rings (SSSR count). The fourth-order valence-electron chi connectivity index (χ4n) is 1.77. The highest BCUT2D eigenvalue weighted by Gasteiger charge is 2.10. The molecule has 2 aromatic rings. The van der Waals surface area contributed by atoms with Crippen LogP contribution in [0.25, 0.3) is 0 Å². The predicted octanol–water partition coefficient (Wildman–Crippen LogP) is 2.58. The molecule has 0 aliphatic heterocycles. The van der Waals surface area contributed by atoms with Crippen molar-refractivity contribution in [3.8, 4) is 0 Å². The zero-order valence-corrected chi connectivity index (χ0v) is 10.4. The van der Waals surface area contributed by atoms with E-state index in [9.17, 15) is 9.18 Å². The van der Waals surface area contributed by atoms with Gasteiger partial charge < -0.3 is 11.1 Å². The van der Waals surface area contributed by atoms with Crippen molar-refractivity contribution in [1.82, 2.24) is 0 Å². The Kier molecular flexibility index (Phi) is 4.26. The monoisotopic (exact) mass is 258 g/mol. The second kappa shape index (κ2) is 6.11. The van der Waals surface area contributed by atoms with Gasteiger partial charge in [0.15, 0.2) is 0 Å². The number of hydrogen-bond acceptors (Lipinski definition) is 2. The van der Waals surface area contributed by atoms with Crippen molar-refractivity contribution in [2.24, 2.45) is 5.73 Å². The maximum atomic E-state index is 13.4. The smallest absolute Gasteiger partial charge is 0.258 e. The van der Waals surface area contributed by atoms with Crippen LogP contribution in [-0.4, -0.2) is 12.5 Å². The van der Waals surface area contributed by atoms with Crippen LogP contribution in [0.15, 0.2) is 48.5 Å². The number of carbonyl (C=O) groups is 1. The Labute approximate surface area is 111 Å². The third-order valence-electron chi connectivity index (χ3n) is 2.76. The standard InChI is InChI=1S/C15H15FN2O/c16-14-4-2-1-3-13(14)15(19)18-12-7-5-11(6-8-12)9-10-17/h1-8H,9-10,17H2,(H,18,19). The Hall–Kier alpha value is -2.20. The highest BCUT2D eigenvalue weighted by Crippen LogP contribution is 2.13. The third-order valence-corrected chi connectivity index (χ3v) is 2.76. The number of hydrogen-bond donors (Lipinski definition) is 2. The largest absolute Gasteiger partial charge is 0.330 e. The molecule has 1 amide bonds. The van der Waals surface area contributed by atoms with Gasteiger partial charge in [0.25, 0.3) is 5.91 Å². The molecule has 19 heavy (non-hydrogen) atoms. The number of rotatable bonds is 4. The summed E-state index contributed by atoms with van der Waals surface area (Å²) in [5.74, 6) is -0.982. The van der Waals surface area contributed by atoms with E-state index in [-0.39, 0.29) is 5.56 Å². The predicted molar refractivity (Wildman–Crippen MR) is 73.6 cm³/mol. The SMILES string of the molecule is NCCc1ccc(NC(=O)c2ccccc2F)cc1. The summed E-state index contributed by atoms with van der Waals surface area (Å²) in [6, 6.07) is 13.2. The average molecular weight is 258 g/mol. The second-order valence-corrected chi connectivity index (χ2v) is 4.17. The Bertz CT molecular complexity index is 567. The number of carbonyl (C=O) groups excluding carboxylic acids is 1. The summed E-state index contributed by atoms with van der Waals surface area (Å²) >= 11 is 0. The van der Waals surface area contributed by atoms with E-state index in [0.29, 0.717) is 12.2 Å². The van der Waals surface area contributed by atoms with Gasteiger partial charge in [-0.05, 0) is 42.8 Å².